The van der Waals surface area contributed by atoms with E-state index in [0.29, 0.717) is 6.07 Å². The molecular formula is C11H7F3O4S. The molecule has 19 heavy (non-hydrogen) atoms. The van der Waals surface area contributed by atoms with Crippen molar-refractivity contribution in [3.8, 4) is 0 Å². The maximum absolute atomic E-state index is 12.8. The second kappa shape index (κ2) is 4.09. The minimum Gasteiger partial charge on any atom is -0.481 e. The molecule has 2 rings (SSSR count). The monoisotopic (exact) mass is 292 g/mol. The molecule has 4 nitrogen and oxygen atoms in total. The quantitative estimate of drug-likeness (QED) is 0.908. The summed E-state index contributed by atoms with van der Waals surface area (Å²) in [5, 5.41) is 8.59. The van der Waals surface area contributed by atoms with Gasteiger partial charge in [-0.3, -0.25) is 4.79 Å². The maximum atomic E-state index is 12.8. The van der Waals surface area contributed by atoms with E-state index in [0.717, 1.165) is 12.1 Å². The zero-order valence-corrected chi connectivity index (χ0v) is 10.0. The van der Waals surface area contributed by atoms with Crippen molar-refractivity contribution >= 4 is 21.9 Å². The van der Waals surface area contributed by atoms with Gasteiger partial charge in [0, 0.05) is 0 Å². The van der Waals surface area contributed by atoms with Crippen LogP contribution in [-0.4, -0.2) is 19.5 Å². The number of carboxylic acids is 1. The van der Waals surface area contributed by atoms with E-state index in [1.165, 1.54) is 6.07 Å². The number of carboxylic acid groups (broad SMARTS) is 1. The second-order valence-corrected chi connectivity index (χ2v) is 5.85. The van der Waals surface area contributed by atoms with Gasteiger partial charge in [0.05, 0.1) is 21.8 Å². The van der Waals surface area contributed by atoms with E-state index in [9.17, 15) is 26.4 Å². The summed E-state index contributed by atoms with van der Waals surface area (Å²) in [6.45, 7) is 0. The van der Waals surface area contributed by atoms with Crippen molar-refractivity contribution in [1.82, 2.24) is 0 Å². The standard InChI is InChI=1S/C11H7F3O4S/c12-11(13,14)8-3-1-2-6-4-7(5-9(15)16)19(17,18)10(6)8/h1-4H,5H2,(H,15,16). The minimum absolute atomic E-state index is 0.133. The zero-order chi connectivity index (χ0) is 14.4. The van der Waals surface area contributed by atoms with Crippen LogP contribution in [-0.2, 0) is 20.8 Å². The summed E-state index contributed by atoms with van der Waals surface area (Å²) in [6, 6.07) is 2.95. The molecule has 0 saturated carbocycles. The number of hydrogen-bond acceptors (Lipinski definition) is 3. The van der Waals surface area contributed by atoms with E-state index in [2.05, 4.69) is 0 Å². The molecule has 0 aliphatic carbocycles. The van der Waals surface area contributed by atoms with Gasteiger partial charge < -0.3 is 5.11 Å². The van der Waals surface area contributed by atoms with Gasteiger partial charge in [-0.05, 0) is 17.7 Å². The molecule has 1 heterocycles. The smallest absolute Gasteiger partial charge is 0.417 e. The third kappa shape index (κ3) is 2.23. The van der Waals surface area contributed by atoms with Gasteiger partial charge in [0.2, 0.25) is 9.84 Å². The molecule has 0 aromatic heterocycles. The number of rotatable bonds is 2. The normalized spacial score (nSPS) is 16.9. The average molecular weight is 292 g/mol. The molecule has 0 amide bonds. The van der Waals surface area contributed by atoms with Crippen LogP contribution in [0.25, 0.3) is 6.08 Å². The summed E-state index contributed by atoms with van der Waals surface area (Å²) < 4.78 is 62.2. The molecule has 0 atom stereocenters. The fourth-order valence-electron chi connectivity index (χ4n) is 1.87. The lowest BCUT2D eigenvalue weighted by atomic mass is 10.1. The minimum atomic E-state index is -4.81. The number of sulfone groups is 1. The van der Waals surface area contributed by atoms with Gasteiger partial charge in [0.1, 0.15) is 0 Å². The highest BCUT2D eigenvalue weighted by molar-refractivity contribution is 7.96. The van der Waals surface area contributed by atoms with Gasteiger partial charge >= 0.3 is 12.1 Å². The molecule has 1 aromatic carbocycles. The first kappa shape index (κ1) is 13.6. The van der Waals surface area contributed by atoms with E-state index in [1.807, 2.05) is 0 Å². The predicted octanol–water partition coefficient (Wildman–Crippen LogP) is 2.31. The molecular weight excluding hydrogens is 285 g/mol. The van der Waals surface area contributed by atoms with Crippen LogP contribution in [0.5, 0.6) is 0 Å². The fourth-order valence-corrected chi connectivity index (χ4v) is 3.64. The highest BCUT2D eigenvalue weighted by Crippen LogP contribution is 2.42. The van der Waals surface area contributed by atoms with Crippen molar-refractivity contribution in [2.75, 3.05) is 0 Å². The van der Waals surface area contributed by atoms with Crippen LogP contribution in [0.3, 0.4) is 0 Å². The van der Waals surface area contributed by atoms with Crippen LogP contribution in [0.15, 0.2) is 28.0 Å². The Balaban J connectivity index is 2.66. The second-order valence-electron chi connectivity index (χ2n) is 3.91. The first-order valence-corrected chi connectivity index (χ1v) is 6.50. The van der Waals surface area contributed by atoms with Crippen LogP contribution < -0.4 is 0 Å². The van der Waals surface area contributed by atoms with Gasteiger partial charge in [-0.15, -0.1) is 0 Å². The van der Waals surface area contributed by atoms with Gasteiger partial charge in [-0.1, -0.05) is 12.1 Å². The van der Waals surface area contributed by atoms with E-state index < -0.39 is 43.8 Å². The molecule has 8 heteroatoms. The number of carbonyl (C=O) groups is 1. The Kier molecular flexibility index (Phi) is 2.93. The Bertz CT molecular complexity index is 686. The van der Waals surface area contributed by atoms with Crippen LogP contribution in [0.2, 0.25) is 0 Å². The molecule has 102 valence electrons. The van der Waals surface area contributed by atoms with Crippen molar-refractivity contribution in [3.63, 3.8) is 0 Å². The van der Waals surface area contributed by atoms with Crippen molar-refractivity contribution < 1.29 is 31.5 Å². The molecule has 0 bridgehead atoms. The summed E-state index contributed by atoms with van der Waals surface area (Å²) in [5.41, 5.74) is -1.41. The predicted molar refractivity (Wildman–Crippen MR) is 58.9 cm³/mol. The summed E-state index contributed by atoms with van der Waals surface area (Å²) in [7, 11) is -4.39. The topological polar surface area (TPSA) is 71.4 Å². The molecule has 0 unspecified atom stereocenters. The van der Waals surface area contributed by atoms with Gasteiger partial charge in [-0.2, -0.15) is 13.2 Å². The Hall–Kier alpha value is -1.83. The first-order chi connectivity index (χ1) is 8.64. The van der Waals surface area contributed by atoms with Crippen LogP contribution >= 0.6 is 0 Å². The number of halogens is 3. The van der Waals surface area contributed by atoms with Crippen LogP contribution in [0.4, 0.5) is 13.2 Å². The summed E-state index contributed by atoms with van der Waals surface area (Å²) >= 11 is 0. The molecule has 0 fully saturated rings. The number of fused-ring (bicyclic) bond motifs is 1. The molecule has 1 N–H and O–H groups in total. The summed E-state index contributed by atoms with van der Waals surface area (Å²) in [5.74, 6) is -1.42. The fraction of sp³-hybridized carbons (Fsp3) is 0.182. The number of alkyl halides is 3. The number of benzene rings is 1. The van der Waals surface area contributed by atoms with Gasteiger partial charge in [0.15, 0.2) is 0 Å². The lowest BCUT2D eigenvalue weighted by Gasteiger charge is -2.11. The lowest BCUT2D eigenvalue weighted by Crippen LogP contribution is -2.13. The largest absolute Gasteiger partial charge is 0.481 e. The van der Waals surface area contributed by atoms with Crippen molar-refractivity contribution in [2.24, 2.45) is 0 Å². The van der Waals surface area contributed by atoms with Gasteiger partial charge in [-0.25, -0.2) is 8.42 Å². The Labute approximate surface area is 106 Å². The van der Waals surface area contributed by atoms with Crippen molar-refractivity contribution in [1.29, 1.82) is 0 Å². The lowest BCUT2D eigenvalue weighted by molar-refractivity contribution is -0.140. The summed E-state index contributed by atoms with van der Waals surface area (Å²) in [6.07, 6.45) is -4.69. The molecule has 0 spiro atoms. The highest BCUT2D eigenvalue weighted by atomic mass is 32.2. The zero-order valence-electron chi connectivity index (χ0n) is 9.23. The van der Waals surface area contributed by atoms with E-state index >= 15 is 0 Å². The molecule has 1 aliphatic heterocycles. The number of aliphatic carboxylic acids is 1. The Morgan fingerprint density at radius 3 is 2.42 bits per heavy atom. The molecule has 1 aromatic rings. The number of hydrogen-bond donors (Lipinski definition) is 1. The molecule has 1 aliphatic rings. The first-order valence-electron chi connectivity index (χ1n) is 5.01. The Morgan fingerprint density at radius 1 is 1.26 bits per heavy atom. The van der Waals surface area contributed by atoms with E-state index in [4.69, 9.17) is 5.11 Å². The maximum Gasteiger partial charge on any atom is 0.417 e. The Morgan fingerprint density at radius 2 is 1.89 bits per heavy atom. The summed E-state index contributed by atoms with van der Waals surface area (Å²) in [4.78, 5) is 9.15. The van der Waals surface area contributed by atoms with E-state index in [1.54, 1.807) is 0 Å². The average Bonchev–Trinajstić information content (AvgIpc) is 2.49. The molecule has 0 radical (unpaired) electrons. The van der Waals surface area contributed by atoms with E-state index in [-0.39, 0.29) is 5.56 Å². The third-order valence-electron chi connectivity index (χ3n) is 2.61. The van der Waals surface area contributed by atoms with Gasteiger partial charge in [0.25, 0.3) is 0 Å². The highest BCUT2D eigenvalue weighted by Gasteiger charge is 2.42. The van der Waals surface area contributed by atoms with Crippen molar-refractivity contribution in [3.05, 3.63) is 34.2 Å². The third-order valence-corrected chi connectivity index (χ3v) is 4.55. The van der Waals surface area contributed by atoms with Crippen LogP contribution in [0.1, 0.15) is 17.5 Å². The SMILES string of the molecule is O=C(O)CC1=Cc2cccc(C(F)(F)F)c2S1(=O)=O. The van der Waals surface area contributed by atoms with Crippen molar-refractivity contribution in [2.45, 2.75) is 17.5 Å². The van der Waals surface area contributed by atoms with Crippen LogP contribution in [0, 0.1) is 0 Å². The molecule has 0 saturated heterocycles.